The summed E-state index contributed by atoms with van der Waals surface area (Å²) in [5.74, 6) is 1.97. The van der Waals surface area contributed by atoms with Crippen molar-refractivity contribution in [2.24, 2.45) is 10.4 Å². The van der Waals surface area contributed by atoms with Gasteiger partial charge in [0.05, 0.1) is 25.5 Å². The molecule has 0 aliphatic carbocycles. The van der Waals surface area contributed by atoms with Gasteiger partial charge in [0.1, 0.15) is 5.76 Å². The van der Waals surface area contributed by atoms with Gasteiger partial charge in [-0.05, 0) is 46.0 Å². The van der Waals surface area contributed by atoms with Gasteiger partial charge in [0.25, 0.3) is 0 Å². The Kier molecular flexibility index (Phi) is 5.46. The van der Waals surface area contributed by atoms with Crippen LogP contribution in [0.15, 0.2) is 27.8 Å². The number of rotatable bonds is 5. The van der Waals surface area contributed by atoms with Crippen molar-refractivity contribution < 1.29 is 9.15 Å². The lowest BCUT2D eigenvalue weighted by molar-refractivity contribution is 0.156. The Hall–Kier alpha value is -1.53. The van der Waals surface area contributed by atoms with E-state index in [0.717, 1.165) is 44.6 Å². The number of aliphatic imine (C=N–C) groups is 1. The molecule has 6 nitrogen and oxygen atoms in total. The lowest BCUT2D eigenvalue weighted by Gasteiger charge is -2.26. The molecule has 0 radical (unpaired) electrons. The van der Waals surface area contributed by atoms with Gasteiger partial charge in [0, 0.05) is 31.7 Å². The second kappa shape index (κ2) is 7.57. The zero-order chi connectivity index (χ0) is 17.0. The third-order valence-corrected chi connectivity index (χ3v) is 5.17. The Morgan fingerprint density at radius 1 is 1.46 bits per heavy atom. The molecule has 3 rings (SSSR count). The highest BCUT2D eigenvalue weighted by Gasteiger charge is 2.42. The van der Waals surface area contributed by atoms with Gasteiger partial charge in [0.2, 0.25) is 0 Å². The first kappa shape index (κ1) is 17.3. The molecule has 1 aromatic rings. The highest BCUT2D eigenvalue weighted by molar-refractivity contribution is 5.80. The van der Waals surface area contributed by atoms with Gasteiger partial charge >= 0.3 is 0 Å². The number of furan rings is 1. The minimum Gasteiger partial charge on any atom is -0.468 e. The molecule has 1 aromatic heterocycles. The van der Waals surface area contributed by atoms with Crippen LogP contribution in [0.2, 0.25) is 0 Å². The van der Waals surface area contributed by atoms with E-state index in [9.17, 15) is 0 Å². The number of guanidine groups is 1. The second-order valence-corrected chi connectivity index (χ2v) is 7.16. The van der Waals surface area contributed by atoms with Crippen LogP contribution in [0.5, 0.6) is 0 Å². The Bertz CT molecular complexity index is 535. The van der Waals surface area contributed by atoms with Gasteiger partial charge in [-0.25, -0.2) is 0 Å². The summed E-state index contributed by atoms with van der Waals surface area (Å²) in [7, 11) is 4.13. The maximum absolute atomic E-state index is 5.64. The van der Waals surface area contributed by atoms with Crippen LogP contribution in [0.25, 0.3) is 0 Å². The molecular formula is C18H30N4O2. The molecule has 2 fully saturated rings. The molecule has 2 aliphatic rings. The Morgan fingerprint density at radius 3 is 2.96 bits per heavy atom. The zero-order valence-electron chi connectivity index (χ0n) is 15.1. The molecule has 0 amide bonds. The minimum absolute atomic E-state index is 0.153. The number of likely N-dealkylation sites (tertiary alicyclic amines) is 1. The standard InChI is InChI=1S/C18H30N4O2/c1-4-19-17(22-9-7-18(13-22)8-11-23-14-18)20-12-15(21(2)3)16-6-5-10-24-16/h5-6,10,15H,4,7-9,11-14H2,1-3H3,(H,19,20). The van der Waals surface area contributed by atoms with Crippen molar-refractivity contribution in [3.8, 4) is 0 Å². The van der Waals surface area contributed by atoms with Crippen molar-refractivity contribution in [2.75, 3.05) is 53.5 Å². The predicted molar refractivity (Wildman–Crippen MR) is 95.2 cm³/mol. The topological polar surface area (TPSA) is 53.2 Å². The summed E-state index contributed by atoms with van der Waals surface area (Å²) in [5.41, 5.74) is 0.345. The molecule has 6 heteroatoms. The molecule has 24 heavy (non-hydrogen) atoms. The Morgan fingerprint density at radius 2 is 2.33 bits per heavy atom. The third-order valence-electron chi connectivity index (χ3n) is 5.17. The zero-order valence-corrected chi connectivity index (χ0v) is 15.1. The summed E-state index contributed by atoms with van der Waals surface area (Å²) in [6, 6.07) is 4.11. The van der Waals surface area contributed by atoms with Crippen molar-refractivity contribution in [3.63, 3.8) is 0 Å². The quantitative estimate of drug-likeness (QED) is 0.659. The van der Waals surface area contributed by atoms with Crippen LogP contribution in [-0.2, 0) is 4.74 Å². The van der Waals surface area contributed by atoms with E-state index in [1.807, 2.05) is 12.1 Å². The maximum atomic E-state index is 5.64. The monoisotopic (exact) mass is 334 g/mol. The molecule has 2 saturated heterocycles. The molecule has 2 atom stereocenters. The molecule has 0 aromatic carbocycles. The fraction of sp³-hybridized carbons (Fsp3) is 0.722. The first-order valence-corrected chi connectivity index (χ1v) is 8.94. The van der Waals surface area contributed by atoms with Crippen molar-refractivity contribution in [3.05, 3.63) is 24.2 Å². The van der Waals surface area contributed by atoms with Gasteiger partial charge in [-0.2, -0.15) is 0 Å². The van der Waals surface area contributed by atoms with Gasteiger partial charge in [-0.15, -0.1) is 0 Å². The fourth-order valence-electron chi connectivity index (χ4n) is 3.67. The first-order valence-electron chi connectivity index (χ1n) is 8.94. The van der Waals surface area contributed by atoms with Crippen LogP contribution in [0, 0.1) is 5.41 Å². The number of nitrogens with one attached hydrogen (secondary N) is 1. The highest BCUT2D eigenvalue weighted by atomic mass is 16.5. The van der Waals surface area contributed by atoms with Crippen LogP contribution >= 0.6 is 0 Å². The smallest absolute Gasteiger partial charge is 0.194 e. The van der Waals surface area contributed by atoms with Crippen LogP contribution in [0.1, 0.15) is 31.6 Å². The van der Waals surface area contributed by atoms with E-state index >= 15 is 0 Å². The van der Waals surface area contributed by atoms with E-state index in [-0.39, 0.29) is 6.04 Å². The number of likely N-dealkylation sites (N-methyl/N-ethyl adjacent to an activating group) is 1. The molecule has 2 unspecified atom stereocenters. The fourth-order valence-corrected chi connectivity index (χ4v) is 3.67. The molecular weight excluding hydrogens is 304 g/mol. The largest absolute Gasteiger partial charge is 0.468 e. The van der Waals surface area contributed by atoms with Gasteiger partial charge in [-0.1, -0.05) is 0 Å². The van der Waals surface area contributed by atoms with Gasteiger partial charge in [0.15, 0.2) is 5.96 Å². The molecule has 1 spiro atoms. The van der Waals surface area contributed by atoms with E-state index in [2.05, 4.69) is 36.1 Å². The summed E-state index contributed by atoms with van der Waals surface area (Å²) < 4.78 is 11.2. The molecule has 0 bridgehead atoms. The summed E-state index contributed by atoms with van der Waals surface area (Å²) >= 11 is 0. The Balaban J connectivity index is 1.69. The van der Waals surface area contributed by atoms with Gasteiger partial charge < -0.3 is 19.4 Å². The Labute approximate surface area is 144 Å². The predicted octanol–water partition coefficient (Wildman–Crippen LogP) is 1.96. The summed E-state index contributed by atoms with van der Waals surface area (Å²) in [6.45, 7) is 7.60. The van der Waals surface area contributed by atoms with Crippen molar-refractivity contribution in [1.82, 2.24) is 15.1 Å². The number of nitrogens with zero attached hydrogens (tertiary/aromatic N) is 3. The minimum atomic E-state index is 0.153. The number of ether oxygens (including phenoxy) is 1. The third kappa shape index (κ3) is 3.75. The van der Waals surface area contributed by atoms with E-state index in [1.54, 1.807) is 6.26 Å². The van der Waals surface area contributed by atoms with E-state index in [0.29, 0.717) is 12.0 Å². The molecule has 3 heterocycles. The summed E-state index contributed by atoms with van der Waals surface area (Å²) in [4.78, 5) is 9.47. The average molecular weight is 334 g/mol. The van der Waals surface area contributed by atoms with E-state index < -0.39 is 0 Å². The molecule has 2 aliphatic heterocycles. The van der Waals surface area contributed by atoms with Crippen LogP contribution < -0.4 is 5.32 Å². The lowest BCUT2D eigenvalue weighted by atomic mass is 9.87. The van der Waals surface area contributed by atoms with Crippen LogP contribution in [0.3, 0.4) is 0 Å². The van der Waals surface area contributed by atoms with E-state index in [4.69, 9.17) is 14.1 Å². The van der Waals surface area contributed by atoms with Crippen molar-refractivity contribution in [1.29, 1.82) is 0 Å². The van der Waals surface area contributed by atoms with Crippen molar-refractivity contribution >= 4 is 5.96 Å². The molecule has 0 saturated carbocycles. The second-order valence-electron chi connectivity index (χ2n) is 7.16. The van der Waals surface area contributed by atoms with Crippen LogP contribution in [-0.4, -0.2) is 69.2 Å². The SMILES string of the molecule is CCNC(=NCC(c1ccco1)N(C)C)N1CCC2(CCOC2)C1. The lowest BCUT2D eigenvalue weighted by Crippen LogP contribution is -2.42. The first-order chi connectivity index (χ1) is 11.6. The molecule has 134 valence electrons. The number of hydrogen-bond acceptors (Lipinski definition) is 4. The van der Waals surface area contributed by atoms with Gasteiger partial charge in [-0.3, -0.25) is 9.89 Å². The number of hydrogen-bond donors (Lipinski definition) is 1. The highest BCUT2D eigenvalue weighted by Crippen LogP contribution is 2.38. The summed E-state index contributed by atoms with van der Waals surface area (Å²) in [5, 5.41) is 3.46. The summed E-state index contributed by atoms with van der Waals surface area (Å²) in [6.07, 6.45) is 4.10. The maximum Gasteiger partial charge on any atom is 0.194 e. The average Bonchev–Trinajstić information content (AvgIpc) is 3.30. The molecule has 1 N–H and O–H groups in total. The van der Waals surface area contributed by atoms with Crippen LogP contribution in [0.4, 0.5) is 0 Å². The van der Waals surface area contributed by atoms with Crippen molar-refractivity contribution in [2.45, 2.75) is 25.8 Å². The van der Waals surface area contributed by atoms with E-state index in [1.165, 1.54) is 12.8 Å². The normalized spacial score (nSPS) is 25.8.